The number of fused-ring (bicyclic) bond motifs is 3. The number of likely N-dealkylation sites (tertiary alicyclic amines) is 1. The molecule has 180 valence electrons. The van der Waals surface area contributed by atoms with Gasteiger partial charge in [-0.25, -0.2) is 4.79 Å². The maximum atomic E-state index is 12.6. The van der Waals surface area contributed by atoms with Gasteiger partial charge in [-0.05, 0) is 47.4 Å². The maximum absolute atomic E-state index is 12.6. The molecule has 0 bridgehead atoms. The molecule has 2 aromatic carbocycles. The van der Waals surface area contributed by atoms with Crippen molar-refractivity contribution < 1.29 is 24.2 Å². The maximum Gasteiger partial charge on any atom is 0.407 e. The van der Waals surface area contributed by atoms with Crippen molar-refractivity contribution in [2.45, 2.75) is 51.0 Å². The molecule has 34 heavy (non-hydrogen) atoms. The Labute approximate surface area is 200 Å². The molecule has 2 unspecified atom stereocenters. The molecular weight excluding hydrogens is 432 g/mol. The van der Waals surface area contributed by atoms with E-state index in [1.165, 1.54) is 22.3 Å². The normalized spacial score (nSPS) is 17.7. The van der Waals surface area contributed by atoms with E-state index in [0.29, 0.717) is 32.4 Å². The summed E-state index contributed by atoms with van der Waals surface area (Å²) in [4.78, 5) is 37.7. The summed E-state index contributed by atoms with van der Waals surface area (Å²) in [7, 11) is 0. The van der Waals surface area contributed by atoms with Crippen molar-refractivity contribution in [2.24, 2.45) is 5.92 Å². The number of hydrogen-bond donors (Lipinski definition) is 2. The summed E-state index contributed by atoms with van der Waals surface area (Å²) in [5.41, 5.74) is 4.70. The molecule has 2 aliphatic rings. The van der Waals surface area contributed by atoms with Gasteiger partial charge < -0.3 is 20.1 Å². The Hall–Kier alpha value is -3.35. The molecule has 2 aromatic rings. The largest absolute Gasteiger partial charge is 0.481 e. The lowest BCUT2D eigenvalue weighted by molar-refractivity contribution is -0.138. The first-order valence-corrected chi connectivity index (χ1v) is 12.1. The molecule has 0 saturated carbocycles. The fourth-order valence-corrected chi connectivity index (χ4v) is 5.11. The molecule has 1 fully saturated rings. The Morgan fingerprint density at radius 1 is 1.09 bits per heavy atom. The summed E-state index contributed by atoms with van der Waals surface area (Å²) in [6.07, 6.45) is 1.91. The molecule has 2 N–H and O–H groups in total. The molecule has 1 saturated heterocycles. The van der Waals surface area contributed by atoms with Crippen molar-refractivity contribution in [3.05, 3.63) is 59.7 Å². The number of carbonyl (C=O) groups excluding carboxylic acids is 2. The van der Waals surface area contributed by atoms with Gasteiger partial charge >= 0.3 is 12.1 Å². The number of rotatable bonds is 9. The van der Waals surface area contributed by atoms with Crippen LogP contribution < -0.4 is 5.32 Å². The van der Waals surface area contributed by atoms with Crippen LogP contribution in [0.25, 0.3) is 11.1 Å². The van der Waals surface area contributed by atoms with Gasteiger partial charge in [0.15, 0.2) is 0 Å². The first-order chi connectivity index (χ1) is 16.5. The zero-order valence-corrected chi connectivity index (χ0v) is 19.5. The summed E-state index contributed by atoms with van der Waals surface area (Å²) in [5, 5.41) is 11.9. The number of nitrogens with zero attached hydrogens (tertiary/aromatic N) is 1. The summed E-state index contributed by atoms with van der Waals surface area (Å²) in [6, 6.07) is 16.3. The highest BCUT2D eigenvalue weighted by molar-refractivity contribution is 5.79. The lowest BCUT2D eigenvalue weighted by Gasteiger charge is -2.21. The molecule has 7 heteroatoms. The van der Waals surface area contributed by atoms with E-state index in [9.17, 15) is 14.4 Å². The van der Waals surface area contributed by atoms with Crippen LogP contribution in [0.15, 0.2) is 48.5 Å². The summed E-state index contributed by atoms with van der Waals surface area (Å²) in [5.74, 6) is -0.769. The van der Waals surface area contributed by atoms with Gasteiger partial charge in [0.1, 0.15) is 6.61 Å². The predicted molar refractivity (Wildman–Crippen MR) is 128 cm³/mol. The Balaban J connectivity index is 1.26. The minimum atomic E-state index is -0.822. The number of carbonyl (C=O) groups is 3. The molecule has 1 heterocycles. The second-order valence-electron chi connectivity index (χ2n) is 9.21. The zero-order chi connectivity index (χ0) is 24.1. The highest BCUT2D eigenvalue weighted by atomic mass is 16.5. The lowest BCUT2D eigenvalue weighted by Crippen LogP contribution is -2.37. The number of benzene rings is 2. The van der Waals surface area contributed by atoms with Crippen molar-refractivity contribution in [1.29, 1.82) is 0 Å². The second kappa shape index (κ2) is 10.7. The van der Waals surface area contributed by atoms with Gasteiger partial charge in [0.05, 0.1) is 0 Å². The Kier molecular flexibility index (Phi) is 7.50. The van der Waals surface area contributed by atoms with E-state index >= 15 is 0 Å². The van der Waals surface area contributed by atoms with Gasteiger partial charge in [0.2, 0.25) is 5.91 Å². The smallest absolute Gasteiger partial charge is 0.407 e. The predicted octanol–water partition coefficient (Wildman–Crippen LogP) is 4.41. The minimum absolute atomic E-state index is 0.00807. The average Bonchev–Trinajstić information content (AvgIpc) is 3.42. The quantitative estimate of drug-likeness (QED) is 0.573. The van der Waals surface area contributed by atoms with E-state index in [-0.39, 0.29) is 36.8 Å². The third-order valence-corrected chi connectivity index (χ3v) is 6.97. The highest BCUT2D eigenvalue weighted by Gasteiger charge is 2.30. The number of amides is 2. The van der Waals surface area contributed by atoms with E-state index in [1.54, 1.807) is 4.90 Å². The molecule has 2 atom stereocenters. The lowest BCUT2D eigenvalue weighted by atomic mass is 9.98. The number of hydrogen-bond acceptors (Lipinski definition) is 4. The standard InChI is InChI=1S/C27H32N2O5/c1-2-19(11-12-25(30)29-14-13-18(16-29)15-26(31)32)28-27(33)34-17-24-22-9-5-3-7-20(22)21-8-4-6-10-23(21)24/h3-10,18-19,24H,2,11-17H2,1H3,(H,28,33)(H,31,32). The first-order valence-electron chi connectivity index (χ1n) is 12.1. The number of carboxylic acids is 1. The number of nitrogens with one attached hydrogen (secondary N) is 1. The molecule has 0 spiro atoms. The van der Waals surface area contributed by atoms with E-state index in [4.69, 9.17) is 9.84 Å². The number of carboxylic acid groups (broad SMARTS) is 1. The van der Waals surface area contributed by atoms with Crippen LogP contribution in [0.2, 0.25) is 0 Å². The van der Waals surface area contributed by atoms with Crippen molar-refractivity contribution in [1.82, 2.24) is 10.2 Å². The van der Waals surface area contributed by atoms with E-state index in [0.717, 1.165) is 6.42 Å². The van der Waals surface area contributed by atoms with Crippen LogP contribution in [0.4, 0.5) is 4.79 Å². The van der Waals surface area contributed by atoms with Gasteiger partial charge in [-0.15, -0.1) is 0 Å². The van der Waals surface area contributed by atoms with E-state index < -0.39 is 12.1 Å². The number of ether oxygens (including phenoxy) is 1. The summed E-state index contributed by atoms with van der Waals surface area (Å²) >= 11 is 0. The Bertz CT molecular complexity index is 1010. The molecule has 1 aliphatic carbocycles. The summed E-state index contributed by atoms with van der Waals surface area (Å²) in [6.45, 7) is 3.33. The molecule has 2 amide bonds. The van der Waals surface area contributed by atoms with Crippen LogP contribution in [-0.2, 0) is 14.3 Å². The van der Waals surface area contributed by atoms with Crippen LogP contribution in [0.5, 0.6) is 0 Å². The third-order valence-electron chi connectivity index (χ3n) is 6.97. The van der Waals surface area contributed by atoms with Crippen molar-refractivity contribution in [2.75, 3.05) is 19.7 Å². The van der Waals surface area contributed by atoms with Crippen LogP contribution in [0.1, 0.15) is 56.1 Å². The van der Waals surface area contributed by atoms with Crippen molar-refractivity contribution >= 4 is 18.0 Å². The highest BCUT2D eigenvalue weighted by Crippen LogP contribution is 2.44. The topological polar surface area (TPSA) is 95.9 Å². The van der Waals surface area contributed by atoms with Crippen molar-refractivity contribution in [3.63, 3.8) is 0 Å². The molecule has 4 rings (SSSR count). The van der Waals surface area contributed by atoms with Gasteiger partial charge in [-0.3, -0.25) is 9.59 Å². The second-order valence-corrected chi connectivity index (χ2v) is 9.21. The van der Waals surface area contributed by atoms with Gasteiger partial charge in [0, 0.05) is 37.9 Å². The number of alkyl carbamates (subject to hydrolysis) is 1. The fourth-order valence-electron chi connectivity index (χ4n) is 5.11. The molecule has 7 nitrogen and oxygen atoms in total. The Morgan fingerprint density at radius 2 is 1.74 bits per heavy atom. The monoisotopic (exact) mass is 464 g/mol. The Morgan fingerprint density at radius 3 is 2.35 bits per heavy atom. The zero-order valence-electron chi connectivity index (χ0n) is 19.5. The molecule has 0 aromatic heterocycles. The van der Waals surface area contributed by atoms with Crippen LogP contribution in [0, 0.1) is 5.92 Å². The van der Waals surface area contributed by atoms with Crippen LogP contribution >= 0.6 is 0 Å². The van der Waals surface area contributed by atoms with Gasteiger partial charge in [-0.2, -0.15) is 0 Å². The molecule has 1 aliphatic heterocycles. The molecular formula is C27H32N2O5. The fraction of sp³-hybridized carbons (Fsp3) is 0.444. The van der Waals surface area contributed by atoms with Gasteiger partial charge in [0.25, 0.3) is 0 Å². The average molecular weight is 465 g/mol. The first kappa shape index (κ1) is 23.8. The van der Waals surface area contributed by atoms with Gasteiger partial charge in [-0.1, -0.05) is 55.5 Å². The summed E-state index contributed by atoms with van der Waals surface area (Å²) < 4.78 is 5.63. The van der Waals surface area contributed by atoms with Crippen molar-refractivity contribution in [3.8, 4) is 11.1 Å². The number of aliphatic carboxylic acids is 1. The van der Waals surface area contributed by atoms with E-state index in [1.807, 2.05) is 31.2 Å². The third kappa shape index (κ3) is 5.41. The van der Waals surface area contributed by atoms with Crippen LogP contribution in [0.3, 0.4) is 0 Å². The SMILES string of the molecule is CCC(CCC(=O)N1CCC(CC(=O)O)C1)NC(=O)OCC1c2ccccc2-c2ccccc21. The van der Waals surface area contributed by atoms with Crippen LogP contribution in [-0.4, -0.2) is 53.7 Å². The molecule has 0 radical (unpaired) electrons. The minimum Gasteiger partial charge on any atom is -0.481 e. The van der Waals surface area contributed by atoms with E-state index in [2.05, 4.69) is 29.6 Å².